The van der Waals surface area contributed by atoms with E-state index in [1.807, 2.05) is 6.92 Å². The van der Waals surface area contributed by atoms with Gasteiger partial charge in [-0.1, -0.05) is 12.2 Å². The summed E-state index contributed by atoms with van der Waals surface area (Å²) < 4.78 is 2.32. The molecular weight excluding hydrogens is 170 g/mol. The highest BCUT2D eigenvalue weighted by Gasteiger charge is 2.00. The molecule has 0 fully saturated rings. The van der Waals surface area contributed by atoms with Crippen molar-refractivity contribution in [3.05, 3.63) is 23.0 Å². The number of rotatable bonds is 2. The van der Waals surface area contributed by atoms with E-state index in [2.05, 4.69) is 11.2 Å². The number of nitriles is 1. The highest BCUT2D eigenvalue weighted by Crippen LogP contribution is 1.98. The zero-order valence-electron chi connectivity index (χ0n) is 6.77. The summed E-state index contributed by atoms with van der Waals surface area (Å²) in [5.41, 5.74) is 0. The third-order valence-electron chi connectivity index (χ3n) is 1.45. The Labute approximate surface area is 76.3 Å². The maximum Gasteiger partial charge on any atom is 0.122 e. The minimum absolute atomic E-state index is 0.0494. The molecule has 0 amide bonds. The first kappa shape index (κ1) is 8.88. The molecule has 3 nitrogen and oxygen atoms in total. The van der Waals surface area contributed by atoms with Gasteiger partial charge < -0.3 is 0 Å². The first-order valence-corrected chi connectivity index (χ1v) is 4.06. The largest absolute Gasteiger partial charge is 0.253 e. The number of aromatic nitrogens is 2. The molecule has 1 atom stereocenters. The van der Waals surface area contributed by atoms with Gasteiger partial charge >= 0.3 is 0 Å². The monoisotopic (exact) mass is 179 g/mol. The van der Waals surface area contributed by atoms with Crippen molar-refractivity contribution in [2.24, 2.45) is 5.92 Å². The highest BCUT2D eigenvalue weighted by atomic mass is 32.1. The zero-order valence-corrected chi connectivity index (χ0v) is 7.58. The van der Waals surface area contributed by atoms with Gasteiger partial charge in [-0.05, 0) is 19.1 Å². The van der Waals surface area contributed by atoms with Crippen LogP contribution in [0.4, 0.5) is 0 Å². The molecule has 0 N–H and O–H groups in total. The summed E-state index contributed by atoms with van der Waals surface area (Å²) in [6, 6.07) is 5.72. The second-order valence-electron chi connectivity index (χ2n) is 2.57. The van der Waals surface area contributed by atoms with Crippen molar-refractivity contribution in [3.63, 3.8) is 0 Å². The maximum absolute atomic E-state index is 8.56. The highest BCUT2D eigenvalue weighted by molar-refractivity contribution is 7.71. The van der Waals surface area contributed by atoms with Crippen LogP contribution < -0.4 is 0 Å². The van der Waals surface area contributed by atoms with Crippen molar-refractivity contribution in [2.75, 3.05) is 0 Å². The second kappa shape index (κ2) is 3.98. The molecule has 0 radical (unpaired) electrons. The van der Waals surface area contributed by atoms with E-state index < -0.39 is 0 Å². The van der Waals surface area contributed by atoms with Crippen molar-refractivity contribution in [3.8, 4) is 6.07 Å². The molecule has 0 bridgehead atoms. The Morgan fingerprint density at radius 2 is 2.58 bits per heavy atom. The summed E-state index contributed by atoms with van der Waals surface area (Å²) in [5, 5.41) is 12.6. The predicted molar refractivity (Wildman–Crippen MR) is 47.8 cm³/mol. The average Bonchev–Trinajstić information content (AvgIpc) is 2.09. The molecule has 0 aliphatic carbocycles. The van der Waals surface area contributed by atoms with Crippen LogP contribution in [-0.2, 0) is 6.54 Å². The lowest BCUT2D eigenvalue weighted by Crippen LogP contribution is -2.09. The van der Waals surface area contributed by atoms with E-state index in [1.54, 1.807) is 23.0 Å². The second-order valence-corrected chi connectivity index (χ2v) is 2.99. The van der Waals surface area contributed by atoms with Gasteiger partial charge in [-0.15, -0.1) is 0 Å². The Morgan fingerprint density at radius 1 is 1.83 bits per heavy atom. The van der Waals surface area contributed by atoms with Gasteiger partial charge in [0.2, 0.25) is 0 Å². The topological polar surface area (TPSA) is 41.6 Å². The van der Waals surface area contributed by atoms with Crippen molar-refractivity contribution in [1.82, 2.24) is 9.78 Å². The lowest BCUT2D eigenvalue weighted by atomic mass is 10.2. The molecule has 1 rings (SSSR count). The maximum atomic E-state index is 8.56. The minimum Gasteiger partial charge on any atom is -0.253 e. The molecule has 0 saturated carbocycles. The first-order valence-electron chi connectivity index (χ1n) is 3.66. The Hall–Kier alpha value is -1.21. The molecule has 62 valence electrons. The average molecular weight is 179 g/mol. The van der Waals surface area contributed by atoms with Gasteiger partial charge in [0, 0.05) is 6.20 Å². The Bertz CT molecular complexity index is 350. The van der Waals surface area contributed by atoms with Crippen molar-refractivity contribution >= 4 is 12.2 Å². The molecule has 1 aromatic heterocycles. The molecule has 12 heavy (non-hydrogen) atoms. The van der Waals surface area contributed by atoms with E-state index in [0.717, 1.165) is 0 Å². The fraction of sp³-hybridized carbons (Fsp3) is 0.375. The predicted octanol–water partition coefficient (Wildman–Crippen LogP) is 1.77. The Morgan fingerprint density at radius 3 is 3.17 bits per heavy atom. The van der Waals surface area contributed by atoms with E-state index in [-0.39, 0.29) is 5.92 Å². The molecule has 0 spiro atoms. The van der Waals surface area contributed by atoms with Crippen LogP contribution >= 0.6 is 12.2 Å². The summed E-state index contributed by atoms with van der Waals surface area (Å²) >= 11 is 5.01. The van der Waals surface area contributed by atoms with Crippen LogP contribution in [0.15, 0.2) is 18.3 Å². The lowest BCUT2D eigenvalue weighted by molar-refractivity contribution is 0.512. The number of hydrogen-bond acceptors (Lipinski definition) is 3. The van der Waals surface area contributed by atoms with E-state index in [9.17, 15) is 0 Å². The van der Waals surface area contributed by atoms with Gasteiger partial charge in [0.15, 0.2) is 0 Å². The fourth-order valence-corrected chi connectivity index (χ4v) is 1.02. The molecule has 1 aromatic rings. The third-order valence-corrected chi connectivity index (χ3v) is 1.80. The smallest absolute Gasteiger partial charge is 0.122 e. The molecule has 0 saturated heterocycles. The molecule has 4 heteroatoms. The lowest BCUT2D eigenvalue weighted by Gasteiger charge is -2.04. The zero-order chi connectivity index (χ0) is 8.97. The fourth-order valence-electron chi connectivity index (χ4n) is 0.825. The van der Waals surface area contributed by atoms with E-state index in [4.69, 9.17) is 17.5 Å². The van der Waals surface area contributed by atoms with Crippen LogP contribution in [-0.4, -0.2) is 9.78 Å². The number of nitrogens with zero attached hydrogens (tertiary/aromatic N) is 3. The molecule has 0 aliphatic heterocycles. The van der Waals surface area contributed by atoms with E-state index >= 15 is 0 Å². The summed E-state index contributed by atoms with van der Waals surface area (Å²) in [5.74, 6) is -0.0494. The summed E-state index contributed by atoms with van der Waals surface area (Å²) in [6.07, 6.45) is 1.67. The minimum atomic E-state index is -0.0494. The van der Waals surface area contributed by atoms with Crippen LogP contribution in [0.5, 0.6) is 0 Å². The van der Waals surface area contributed by atoms with Crippen molar-refractivity contribution < 1.29 is 0 Å². The van der Waals surface area contributed by atoms with Gasteiger partial charge in [-0.25, -0.2) is 0 Å². The van der Waals surface area contributed by atoms with Gasteiger partial charge in [0.25, 0.3) is 0 Å². The molecule has 0 aromatic carbocycles. The van der Waals surface area contributed by atoms with Gasteiger partial charge in [0.1, 0.15) is 4.64 Å². The van der Waals surface area contributed by atoms with Gasteiger partial charge in [-0.3, -0.25) is 4.68 Å². The van der Waals surface area contributed by atoms with E-state index in [1.165, 1.54) is 0 Å². The normalized spacial score (nSPS) is 12.0. The van der Waals surface area contributed by atoms with Crippen LogP contribution in [0.3, 0.4) is 0 Å². The Balaban J connectivity index is 2.85. The molecule has 0 aliphatic rings. The van der Waals surface area contributed by atoms with Crippen LogP contribution in [0, 0.1) is 21.9 Å². The third kappa shape index (κ3) is 2.14. The summed E-state index contributed by atoms with van der Waals surface area (Å²) in [4.78, 5) is 0. The van der Waals surface area contributed by atoms with Crippen molar-refractivity contribution in [2.45, 2.75) is 13.5 Å². The van der Waals surface area contributed by atoms with E-state index in [0.29, 0.717) is 11.2 Å². The quantitative estimate of drug-likeness (QED) is 0.650. The standard InChI is InChI=1S/C8H9N3S/c1-7(5-9)6-11-8(12)3-2-4-10-11/h2-4,7H,6H2,1H3. The molecular formula is C8H9N3S. The Kier molecular flexibility index (Phi) is 2.94. The molecule has 1 unspecified atom stereocenters. The first-order chi connectivity index (χ1) is 5.74. The van der Waals surface area contributed by atoms with Gasteiger partial charge in [-0.2, -0.15) is 10.4 Å². The van der Waals surface area contributed by atoms with Crippen LogP contribution in [0.1, 0.15) is 6.92 Å². The van der Waals surface area contributed by atoms with Crippen LogP contribution in [0.2, 0.25) is 0 Å². The number of hydrogen-bond donors (Lipinski definition) is 0. The summed E-state index contributed by atoms with van der Waals surface area (Å²) in [7, 11) is 0. The van der Waals surface area contributed by atoms with Crippen LogP contribution in [0.25, 0.3) is 0 Å². The van der Waals surface area contributed by atoms with Crippen molar-refractivity contribution in [1.29, 1.82) is 5.26 Å². The summed E-state index contributed by atoms with van der Waals surface area (Å²) in [6.45, 7) is 2.41. The van der Waals surface area contributed by atoms with Gasteiger partial charge in [0.05, 0.1) is 18.5 Å². The SMILES string of the molecule is CC(C#N)Cn1ncccc1=S. The molecule has 1 heterocycles.